The van der Waals surface area contributed by atoms with Gasteiger partial charge in [0, 0.05) is 13.1 Å². The minimum Gasteiger partial charge on any atom is -0.454 e. The lowest BCUT2D eigenvalue weighted by Crippen LogP contribution is -1.97. The number of rotatable bonds is 2. The molecule has 94 valence electrons. The predicted molar refractivity (Wildman–Crippen MR) is 65.0 cm³/mol. The van der Waals surface area contributed by atoms with Gasteiger partial charge in [-0.3, -0.25) is 0 Å². The lowest BCUT2D eigenvalue weighted by atomic mass is 10.3. The van der Waals surface area contributed by atoms with Crippen molar-refractivity contribution >= 4 is 5.69 Å². The minimum atomic E-state index is 0.242. The van der Waals surface area contributed by atoms with Gasteiger partial charge in [0.15, 0.2) is 11.5 Å². The average Bonchev–Trinajstić information content (AvgIpc) is 2.89. The monoisotopic (exact) mass is 247 g/mol. The summed E-state index contributed by atoms with van der Waals surface area (Å²) in [7, 11) is 1.78. The van der Waals surface area contributed by atoms with E-state index < -0.39 is 0 Å². The molecule has 0 bridgehead atoms. The highest BCUT2D eigenvalue weighted by atomic mass is 16.7. The minimum absolute atomic E-state index is 0.242. The van der Waals surface area contributed by atoms with Gasteiger partial charge in [-0.2, -0.15) is 5.10 Å². The molecular weight excluding hydrogens is 234 g/mol. The van der Waals surface area contributed by atoms with E-state index in [4.69, 9.17) is 19.9 Å². The number of benzene rings is 1. The maximum absolute atomic E-state index is 5.90. The zero-order valence-electron chi connectivity index (χ0n) is 10.1. The number of hydrogen-bond acceptors (Lipinski definition) is 5. The number of aryl methyl sites for hydroxylation is 2. The Morgan fingerprint density at radius 3 is 2.83 bits per heavy atom. The molecule has 3 rings (SSSR count). The van der Waals surface area contributed by atoms with Crippen LogP contribution in [0.2, 0.25) is 0 Å². The number of anilines is 1. The van der Waals surface area contributed by atoms with Crippen LogP contribution >= 0.6 is 0 Å². The Balaban J connectivity index is 1.93. The van der Waals surface area contributed by atoms with E-state index in [9.17, 15) is 0 Å². The first-order valence-electron chi connectivity index (χ1n) is 5.51. The van der Waals surface area contributed by atoms with Crippen LogP contribution < -0.4 is 19.9 Å². The molecule has 0 saturated heterocycles. The van der Waals surface area contributed by atoms with Crippen LogP contribution in [0.1, 0.15) is 5.69 Å². The molecular formula is C12H13N3O3. The molecule has 0 amide bonds. The number of fused-ring (bicyclic) bond motifs is 1. The predicted octanol–water partition coefficient (Wildman–Crippen LogP) is 1.83. The summed E-state index contributed by atoms with van der Waals surface area (Å²) in [6.07, 6.45) is 0. The topological polar surface area (TPSA) is 71.5 Å². The molecule has 0 unspecified atom stereocenters. The van der Waals surface area contributed by atoms with Crippen molar-refractivity contribution in [2.75, 3.05) is 12.5 Å². The maximum Gasteiger partial charge on any atom is 0.241 e. The highest BCUT2D eigenvalue weighted by molar-refractivity contribution is 5.55. The first-order valence-corrected chi connectivity index (χ1v) is 5.51. The highest BCUT2D eigenvalue weighted by Crippen LogP contribution is 2.37. The number of nitrogen functional groups attached to an aromatic ring is 1. The van der Waals surface area contributed by atoms with Crippen molar-refractivity contribution in [3.8, 4) is 23.1 Å². The van der Waals surface area contributed by atoms with Gasteiger partial charge >= 0.3 is 0 Å². The number of aromatic nitrogens is 2. The third kappa shape index (κ3) is 1.62. The van der Waals surface area contributed by atoms with Gasteiger partial charge in [-0.05, 0) is 19.1 Å². The summed E-state index contributed by atoms with van der Waals surface area (Å²) in [6.45, 7) is 2.08. The Bertz CT molecular complexity index is 607. The first kappa shape index (κ1) is 10.8. The van der Waals surface area contributed by atoms with Crippen LogP contribution in [-0.4, -0.2) is 16.6 Å². The molecule has 2 aromatic rings. The molecule has 1 aromatic heterocycles. The zero-order valence-corrected chi connectivity index (χ0v) is 10.1. The van der Waals surface area contributed by atoms with E-state index in [0.717, 1.165) is 11.4 Å². The summed E-state index contributed by atoms with van der Waals surface area (Å²) < 4.78 is 17.9. The molecule has 1 aromatic carbocycles. The van der Waals surface area contributed by atoms with E-state index in [-0.39, 0.29) is 6.79 Å². The molecule has 2 heterocycles. The Morgan fingerprint density at radius 2 is 2.11 bits per heavy atom. The fourth-order valence-corrected chi connectivity index (χ4v) is 1.83. The molecule has 0 aliphatic carbocycles. The van der Waals surface area contributed by atoms with E-state index in [1.54, 1.807) is 29.9 Å². The molecule has 0 saturated carbocycles. The van der Waals surface area contributed by atoms with Crippen molar-refractivity contribution in [1.82, 2.24) is 9.78 Å². The van der Waals surface area contributed by atoms with Gasteiger partial charge in [0.1, 0.15) is 11.4 Å². The molecule has 1 aliphatic rings. The van der Waals surface area contributed by atoms with Crippen molar-refractivity contribution < 1.29 is 14.2 Å². The van der Waals surface area contributed by atoms with Crippen LogP contribution in [-0.2, 0) is 7.05 Å². The van der Waals surface area contributed by atoms with Gasteiger partial charge in [0.25, 0.3) is 0 Å². The average molecular weight is 247 g/mol. The first-order chi connectivity index (χ1) is 8.65. The Hall–Kier alpha value is -2.37. The fraction of sp³-hybridized carbons (Fsp3) is 0.250. The molecule has 6 nitrogen and oxygen atoms in total. The molecule has 2 N–H and O–H groups in total. The largest absolute Gasteiger partial charge is 0.454 e. The standard InChI is InChI=1S/C12H13N3O3/c1-7-11(13)12(15(2)14-7)18-8-3-4-9-10(5-8)17-6-16-9/h3-5H,6,13H2,1-2H3. The summed E-state index contributed by atoms with van der Waals surface area (Å²) in [4.78, 5) is 0. The molecule has 0 atom stereocenters. The van der Waals surface area contributed by atoms with Crippen LogP contribution in [0.15, 0.2) is 18.2 Å². The molecule has 0 spiro atoms. The lowest BCUT2D eigenvalue weighted by molar-refractivity contribution is 0.174. The van der Waals surface area contributed by atoms with Crippen LogP contribution in [0, 0.1) is 6.92 Å². The van der Waals surface area contributed by atoms with Crippen LogP contribution in [0.5, 0.6) is 23.1 Å². The highest BCUT2D eigenvalue weighted by Gasteiger charge is 2.16. The number of nitrogens with zero attached hydrogens (tertiary/aromatic N) is 2. The van der Waals surface area contributed by atoms with Gasteiger partial charge in [0.2, 0.25) is 12.7 Å². The van der Waals surface area contributed by atoms with Crippen LogP contribution in [0.4, 0.5) is 5.69 Å². The Morgan fingerprint density at radius 1 is 1.33 bits per heavy atom. The molecule has 1 aliphatic heterocycles. The summed E-state index contributed by atoms with van der Waals surface area (Å²) in [6, 6.07) is 5.37. The summed E-state index contributed by atoms with van der Waals surface area (Å²) in [5.74, 6) is 2.54. The van der Waals surface area contributed by atoms with Crippen molar-refractivity contribution in [3.63, 3.8) is 0 Å². The van der Waals surface area contributed by atoms with E-state index >= 15 is 0 Å². The summed E-state index contributed by atoms with van der Waals surface area (Å²) in [5.41, 5.74) is 7.18. The maximum atomic E-state index is 5.90. The van der Waals surface area contributed by atoms with Gasteiger partial charge in [-0.1, -0.05) is 0 Å². The van der Waals surface area contributed by atoms with Gasteiger partial charge in [0.05, 0.1) is 5.69 Å². The zero-order chi connectivity index (χ0) is 12.7. The molecule has 18 heavy (non-hydrogen) atoms. The third-order valence-electron chi connectivity index (χ3n) is 2.77. The number of nitrogens with two attached hydrogens (primary N) is 1. The van der Waals surface area contributed by atoms with E-state index in [1.165, 1.54) is 0 Å². The second-order valence-corrected chi connectivity index (χ2v) is 4.04. The number of ether oxygens (including phenoxy) is 3. The van der Waals surface area contributed by atoms with E-state index in [2.05, 4.69) is 5.10 Å². The summed E-state index contributed by atoms with van der Waals surface area (Å²) in [5, 5.41) is 4.19. The van der Waals surface area contributed by atoms with Gasteiger partial charge in [-0.25, -0.2) is 4.68 Å². The quantitative estimate of drug-likeness (QED) is 0.876. The van der Waals surface area contributed by atoms with E-state index in [0.29, 0.717) is 23.1 Å². The van der Waals surface area contributed by atoms with Crippen molar-refractivity contribution in [2.24, 2.45) is 7.05 Å². The SMILES string of the molecule is Cc1nn(C)c(Oc2ccc3c(c2)OCO3)c1N. The van der Waals surface area contributed by atoms with Gasteiger partial charge in [-0.15, -0.1) is 0 Å². The van der Waals surface area contributed by atoms with Crippen LogP contribution in [0.25, 0.3) is 0 Å². The van der Waals surface area contributed by atoms with Crippen molar-refractivity contribution in [1.29, 1.82) is 0 Å². The Labute approximate surface area is 104 Å². The smallest absolute Gasteiger partial charge is 0.241 e. The summed E-state index contributed by atoms with van der Waals surface area (Å²) >= 11 is 0. The second-order valence-electron chi connectivity index (χ2n) is 4.04. The normalized spacial score (nSPS) is 12.8. The van der Waals surface area contributed by atoms with Crippen molar-refractivity contribution in [3.05, 3.63) is 23.9 Å². The molecule has 0 fully saturated rings. The fourth-order valence-electron chi connectivity index (χ4n) is 1.83. The van der Waals surface area contributed by atoms with E-state index in [1.807, 2.05) is 6.92 Å². The number of hydrogen-bond donors (Lipinski definition) is 1. The lowest BCUT2D eigenvalue weighted by Gasteiger charge is -2.07. The van der Waals surface area contributed by atoms with Crippen LogP contribution in [0.3, 0.4) is 0 Å². The van der Waals surface area contributed by atoms with Gasteiger partial charge < -0.3 is 19.9 Å². The third-order valence-corrected chi connectivity index (χ3v) is 2.77. The Kier molecular flexibility index (Phi) is 2.29. The second kappa shape index (κ2) is 3.83. The van der Waals surface area contributed by atoms with Crippen molar-refractivity contribution in [2.45, 2.75) is 6.92 Å². The molecule has 6 heteroatoms. The molecule has 0 radical (unpaired) electrons.